The van der Waals surface area contributed by atoms with Crippen LogP contribution in [0.15, 0.2) is 0 Å². The van der Waals surface area contributed by atoms with Gasteiger partial charge in [-0.3, -0.25) is 0 Å². The number of carboxylic acid groups (broad SMARTS) is 2. The van der Waals surface area contributed by atoms with Crippen LogP contribution in [0.25, 0.3) is 0 Å². The van der Waals surface area contributed by atoms with Crippen molar-refractivity contribution in [1.29, 1.82) is 0 Å². The molecule has 0 heterocycles. The quantitative estimate of drug-likeness (QED) is 0.369. The third-order valence-electron chi connectivity index (χ3n) is 2.71. The van der Waals surface area contributed by atoms with E-state index in [1.807, 2.05) is 0 Å². The topological polar surface area (TPSA) is 105 Å². The van der Waals surface area contributed by atoms with Gasteiger partial charge in [-0.2, -0.15) is 0 Å². The lowest BCUT2D eigenvalue weighted by Crippen LogP contribution is -2.24. The molecule has 0 radical (unpaired) electrons. The first kappa shape index (κ1) is 24.1. The van der Waals surface area contributed by atoms with E-state index in [0.29, 0.717) is 0 Å². The van der Waals surface area contributed by atoms with Gasteiger partial charge in [0.05, 0.1) is 13.2 Å². The van der Waals surface area contributed by atoms with Crippen molar-refractivity contribution in [2.75, 3.05) is 39.5 Å². The molecule has 0 spiro atoms. The minimum absolute atomic E-state index is 0.734. The maximum absolute atomic E-state index is 9.10. The molecular weight excluding hydrogens is 302 g/mol. The van der Waals surface area contributed by atoms with Crippen LogP contribution in [0.2, 0.25) is 0 Å². The van der Waals surface area contributed by atoms with Crippen molar-refractivity contribution in [3.63, 3.8) is 0 Å². The number of carbonyl (C=O) groups is 2. The number of rotatable bonds is 12. The van der Waals surface area contributed by atoms with Gasteiger partial charge < -0.3 is 25.0 Å². The predicted molar refractivity (Wildman–Crippen MR) is 88.7 cm³/mol. The zero-order valence-corrected chi connectivity index (χ0v) is 14.8. The smallest absolute Gasteiger partial charge is 0.414 e. The fourth-order valence-corrected chi connectivity index (χ4v) is 1.26. The first-order valence-corrected chi connectivity index (χ1v) is 8.09. The molecule has 0 amide bonds. The predicted octanol–water partition coefficient (Wildman–Crippen LogP) is 1.86. The second kappa shape index (κ2) is 17.2. The van der Waals surface area contributed by atoms with Gasteiger partial charge in [0.25, 0.3) is 0 Å². The number of aliphatic carboxylic acids is 2. The lowest BCUT2D eigenvalue weighted by atomic mass is 10.1. The summed E-state index contributed by atoms with van der Waals surface area (Å²) in [6.45, 7) is 14.1. The molecule has 0 aliphatic heterocycles. The van der Waals surface area contributed by atoms with Crippen LogP contribution in [0, 0.1) is 11.8 Å². The molecule has 7 nitrogen and oxygen atoms in total. The van der Waals surface area contributed by atoms with Crippen LogP contribution in [0.1, 0.15) is 40.5 Å². The second-order valence-corrected chi connectivity index (χ2v) is 5.95. The standard InChI is InChI=1S/C14H31NO2.C2H2O4/c1-13(2)5-9-16-11-7-15-8-12-17-10-6-14(3)4;3-1(4)2(5)6/h13-15H,5-12H2,1-4H3;(H,3,4)(H,5,6). The molecular formula is C16H33NO6. The molecule has 0 saturated carbocycles. The van der Waals surface area contributed by atoms with Crippen molar-refractivity contribution in [3.05, 3.63) is 0 Å². The van der Waals surface area contributed by atoms with E-state index in [9.17, 15) is 0 Å². The summed E-state index contributed by atoms with van der Waals surface area (Å²) in [6, 6.07) is 0. The number of nitrogens with one attached hydrogen (secondary N) is 1. The molecule has 0 unspecified atom stereocenters. The Kier molecular flexibility index (Phi) is 18.0. The second-order valence-electron chi connectivity index (χ2n) is 5.95. The van der Waals surface area contributed by atoms with Crippen LogP contribution in [-0.4, -0.2) is 61.7 Å². The van der Waals surface area contributed by atoms with E-state index in [1.165, 1.54) is 0 Å². The van der Waals surface area contributed by atoms with Gasteiger partial charge in [-0.15, -0.1) is 0 Å². The monoisotopic (exact) mass is 335 g/mol. The molecule has 7 heteroatoms. The summed E-state index contributed by atoms with van der Waals surface area (Å²) in [4.78, 5) is 18.2. The van der Waals surface area contributed by atoms with Gasteiger partial charge in [0.1, 0.15) is 0 Å². The van der Waals surface area contributed by atoms with E-state index in [1.54, 1.807) is 0 Å². The Balaban J connectivity index is 0. The molecule has 0 atom stereocenters. The molecule has 3 N–H and O–H groups in total. The van der Waals surface area contributed by atoms with Crippen molar-refractivity contribution in [2.24, 2.45) is 11.8 Å². The van der Waals surface area contributed by atoms with Gasteiger partial charge in [0, 0.05) is 26.3 Å². The van der Waals surface area contributed by atoms with Crippen LogP contribution in [0.5, 0.6) is 0 Å². The Bertz CT molecular complexity index is 266. The molecule has 138 valence electrons. The highest BCUT2D eigenvalue weighted by Crippen LogP contribution is 1.98. The molecule has 0 aliphatic rings. The fraction of sp³-hybridized carbons (Fsp3) is 0.875. The van der Waals surface area contributed by atoms with E-state index in [2.05, 4.69) is 33.0 Å². The summed E-state index contributed by atoms with van der Waals surface area (Å²) in [6.07, 6.45) is 2.30. The van der Waals surface area contributed by atoms with Crippen LogP contribution < -0.4 is 5.32 Å². The van der Waals surface area contributed by atoms with Gasteiger partial charge in [-0.05, 0) is 24.7 Å². The summed E-state index contributed by atoms with van der Waals surface area (Å²) < 4.78 is 11.0. The highest BCUT2D eigenvalue weighted by Gasteiger charge is 2.04. The molecule has 0 bridgehead atoms. The Morgan fingerprint density at radius 1 is 0.783 bits per heavy atom. The summed E-state index contributed by atoms with van der Waals surface area (Å²) in [5.74, 6) is -2.18. The maximum atomic E-state index is 9.10. The first-order valence-electron chi connectivity index (χ1n) is 8.09. The highest BCUT2D eigenvalue weighted by molar-refractivity contribution is 6.27. The van der Waals surface area contributed by atoms with E-state index < -0.39 is 11.9 Å². The average molecular weight is 335 g/mol. The van der Waals surface area contributed by atoms with Crippen molar-refractivity contribution in [3.8, 4) is 0 Å². The van der Waals surface area contributed by atoms with Crippen LogP contribution in [-0.2, 0) is 19.1 Å². The summed E-state index contributed by atoms with van der Waals surface area (Å²) in [5, 5.41) is 18.1. The van der Waals surface area contributed by atoms with Gasteiger partial charge in [-0.25, -0.2) is 9.59 Å². The van der Waals surface area contributed by atoms with Gasteiger partial charge in [0.15, 0.2) is 0 Å². The van der Waals surface area contributed by atoms with Crippen molar-refractivity contribution in [1.82, 2.24) is 5.32 Å². The molecule has 0 aliphatic carbocycles. The zero-order chi connectivity index (χ0) is 18.1. The molecule has 0 rings (SSSR count). The number of ether oxygens (including phenoxy) is 2. The molecule has 23 heavy (non-hydrogen) atoms. The van der Waals surface area contributed by atoms with E-state index in [-0.39, 0.29) is 0 Å². The van der Waals surface area contributed by atoms with E-state index in [0.717, 1.165) is 64.2 Å². The van der Waals surface area contributed by atoms with Gasteiger partial charge in [0.2, 0.25) is 0 Å². The van der Waals surface area contributed by atoms with E-state index in [4.69, 9.17) is 29.3 Å². The SMILES string of the molecule is CC(C)CCOCCNCCOCCC(C)C.O=C(O)C(=O)O. The van der Waals surface area contributed by atoms with Crippen molar-refractivity contribution < 1.29 is 29.3 Å². The molecule has 0 aromatic carbocycles. The largest absolute Gasteiger partial charge is 0.473 e. The minimum Gasteiger partial charge on any atom is -0.473 e. The summed E-state index contributed by atoms with van der Waals surface area (Å²) >= 11 is 0. The van der Waals surface area contributed by atoms with Crippen LogP contribution in [0.4, 0.5) is 0 Å². The van der Waals surface area contributed by atoms with E-state index >= 15 is 0 Å². The van der Waals surface area contributed by atoms with Crippen LogP contribution in [0.3, 0.4) is 0 Å². The lowest BCUT2D eigenvalue weighted by Gasteiger charge is -2.08. The summed E-state index contributed by atoms with van der Waals surface area (Å²) in [5.41, 5.74) is 0. The summed E-state index contributed by atoms with van der Waals surface area (Å²) in [7, 11) is 0. The lowest BCUT2D eigenvalue weighted by molar-refractivity contribution is -0.159. The van der Waals surface area contributed by atoms with Crippen molar-refractivity contribution >= 4 is 11.9 Å². The Morgan fingerprint density at radius 2 is 1.13 bits per heavy atom. The fourth-order valence-electron chi connectivity index (χ4n) is 1.26. The van der Waals surface area contributed by atoms with Gasteiger partial charge in [-0.1, -0.05) is 27.7 Å². The zero-order valence-electron chi connectivity index (χ0n) is 14.8. The third-order valence-corrected chi connectivity index (χ3v) is 2.71. The number of hydrogen-bond acceptors (Lipinski definition) is 5. The Labute approximate surface area is 139 Å². The molecule has 0 saturated heterocycles. The Hall–Kier alpha value is -1.18. The molecule has 0 fully saturated rings. The number of hydrogen-bond donors (Lipinski definition) is 3. The average Bonchev–Trinajstić information content (AvgIpc) is 2.44. The third kappa shape index (κ3) is 26.1. The first-order chi connectivity index (χ1) is 10.8. The molecule has 0 aromatic rings. The normalized spacial score (nSPS) is 10.5. The maximum Gasteiger partial charge on any atom is 0.414 e. The number of carboxylic acids is 2. The van der Waals surface area contributed by atoms with Crippen molar-refractivity contribution in [2.45, 2.75) is 40.5 Å². The minimum atomic E-state index is -1.82. The van der Waals surface area contributed by atoms with Gasteiger partial charge >= 0.3 is 11.9 Å². The molecule has 0 aromatic heterocycles. The Morgan fingerprint density at radius 3 is 1.39 bits per heavy atom. The highest BCUT2D eigenvalue weighted by atomic mass is 16.5. The van der Waals surface area contributed by atoms with Crippen LogP contribution >= 0.6 is 0 Å².